The quantitative estimate of drug-likeness (QED) is 0.569. The van der Waals surface area contributed by atoms with Crippen LogP contribution in [0.1, 0.15) is 6.92 Å². The van der Waals surface area contributed by atoms with E-state index in [4.69, 9.17) is 0 Å². The van der Waals surface area contributed by atoms with Crippen LogP contribution in [-0.2, 0) is 4.79 Å². The summed E-state index contributed by atoms with van der Waals surface area (Å²) in [5.74, 6) is -0.0190. The normalized spacial score (nSPS) is 11.8. The van der Waals surface area contributed by atoms with Gasteiger partial charge in [0, 0.05) is 6.92 Å². The van der Waals surface area contributed by atoms with Crippen molar-refractivity contribution in [2.75, 3.05) is 26.7 Å². The van der Waals surface area contributed by atoms with Crippen molar-refractivity contribution < 1.29 is 4.79 Å². The molecule has 0 aliphatic rings. The van der Waals surface area contributed by atoms with Crippen LogP contribution in [-0.4, -0.2) is 32.6 Å². The standard InChI is InChI=1S/C6H15NOP2/c1-6(8)7-10(4,5)9(2)3/h1-5H3. The van der Waals surface area contributed by atoms with Crippen molar-refractivity contribution in [2.24, 2.45) is 4.74 Å². The van der Waals surface area contributed by atoms with E-state index in [9.17, 15) is 4.79 Å². The van der Waals surface area contributed by atoms with Crippen LogP contribution in [0.3, 0.4) is 0 Å². The van der Waals surface area contributed by atoms with Crippen LogP contribution in [0.15, 0.2) is 4.74 Å². The summed E-state index contributed by atoms with van der Waals surface area (Å²) in [7, 11) is -0.0526. The SMILES string of the molecule is CC(=O)N=P(C)(C)P(C)C. The average Bonchev–Trinajstić information content (AvgIpc) is 1.60. The molecule has 0 saturated heterocycles. The van der Waals surface area contributed by atoms with Gasteiger partial charge in [0.25, 0.3) is 0 Å². The molecular formula is C6H15NOP2. The Morgan fingerprint density at radius 1 is 1.40 bits per heavy atom. The predicted molar refractivity (Wildman–Crippen MR) is 50.6 cm³/mol. The van der Waals surface area contributed by atoms with Crippen LogP contribution < -0.4 is 0 Å². The molecule has 0 N–H and O–H groups in total. The van der Waals surface area contributed by atoms with Crippen LogP contribution >= 0.6 is 14.4 Å². The van der Waals surface area contributed by atoms with Crippen molar-refractivity contribution in [3.05, 3.63) is 0 Å². The molecule has 2 nitrogen and oxygen atoms in total. The Labute approximate surface area is 64.1 Å². The van der Waals surface area contributed by atoms with E-state index in [-0.39, 0.29) is 13.5 Å². The lowest BCUT2D eigenvalue weighted by atomic mass is 10.8. The molecular weight excluding hydrogens is 164 g/mol. The minimum Gasteiger partial charge on any atom is -0.273 e. The fourth-order valence-electron chi connectivity index (χ4n) is 0.434. The highest BCUT2D eigenvalue weighted by Crippen LogP contribution is 2.68. The summed E-state index contributed by atoms with van der Waals surface area (Å²) in [6, 6.07) is 0. The van der Waals surface area contributed by atoms with Gasteiger partial charge >= 0.3 is 0 Å². The lowest BCUT2D eigenvalue weighted by Gasteiger charge is -2.17. The van der Waals surface area contributed by atoms with Gasteiger partial charge in [0.05, 0.1) is 0 Å². The van der Waals surface area contributed by atoms with E-state index in [0.29, 0.717) is 0 Å². The second-order valence-corrected chi connectivity index (χ2v) is 12.7. The van der Waals surface area contributed by atoms with E-state index in [1.807, 2.05) is 0 Å². The molecule has 60 valence electrons. The number of hydrogen-bond donors (Lipinski definition) is 0. The van der Waals surface area contributed by atoms with Gasteiger partial charge in [-0.2, -0.15) is 0 Å². The van der Waals surface area contributed by atoms with E-state index < -0.39 is 6.74 Å². The van der Waals surface area contributed by atoms with Gasteiger partial charge in [0.2, 0.25) is 5.91 Å². The molecule has 4 heteroatoms. The molecule has 0 atom stereocenters. The van der Waals surface area contributed by atoms with Crippen molar-refractivity contribution in [1.82, 2.24) is 0 Å². The van der Waals surface area contributed by atoms with E-state index in [2.05, 4.69) is 31.4 Å². The summed E-state index contributed by atoms with van der Waals surface area (Å²) in [6.07, 6.45) is 0. The van der Waals surface area contributed by atoms with Gasteiger partial charge in [-0.3, -0.25) is 4.79 Å². The number of nitrogens with zero attached hydrogens (tertiary/aromatic N) is 1. The first-order chi connectivity index (χ1) is 4.36. The van der Waals surface area contributed by atoms with Crippen molar-refractivity contribution in [3.8, 4) is 0 Å². The van der Waals surface area contributed by atoms with Crippen molar-refractivity contribution in [1.29, 1.82) is 0 Å². The van der Waals surface area contributed by atoms with Crippen molar-refractivity contribution in [3.63, 3.8) is 0 Å². The Bertz CT molecular complexity index is 180. The van der Waals surface area contributed by atoms with Gasteiger partial charge in [-0.05, 0) is 33.4 Å². The van der Waals surface area contributed by atoms with Crippen LogP contribution in [0.2, 0.25) is 0 Å². The summed E-state index contributed by atoms with van der Waals surface area (Å²) >= 11 is 0. The molecule has 0 aliphatic heterocycles. The topological polar surface area (TPSA) is 29.4 Å². The summed E-state index contributed by atoms with van der Waals surface area (Å²) < 4.78 is 4.11. The lowest BCUT2D eigenvalue weighted by Crippen LogP contribution is -1.82. The van der Waals surface area contributed by atoms with Crippen LogP contribution in [0.5, 0.6) is 0 Å². The van der Waals surface area contributed by atoms with Crippen LogP contribution in [0, 0.1) is 0 Å². The molecule has 0 heterocycles. The summed E-state index contributed by atoms with van der Waals surface area (Å²) in [5, 5.41) is 0. The third kappa shape index (κ3) is 3.49. The van der Waals surface area contributed by atoms with Gasteiger partial charge < -0.3 is 0 Å². The largest absolute Gasteiger partial charge is 0.273 e. The molecule has 0 aromatic rings. The maximum atomic E-state index is 10.6. The number of hydrogen-bond acceptors (Lipinski definition) is 1. The Hall–Kier alpha value is 0.330. The molecule has 0 spiro atoms. The molecule has 0 aliphatic carbocycles. The Morgan fingerprint density at radius 3 is 1.90 bits per heavy atom. The van der Waals surface area contributed by atoms with Gasteiger partial charge in [-0.25, -0.2) is 4.74 Å². The molecule has 10 heavy (non-hydrogen) atoms. The monoisotopic (exact) mass is 179 g/mol. The summed E-state index contributed by atoms with van der Waals surface area (Å²) in [4.78, 5) is 10.6. The molecule has 0 fully saturated rings. The van der Waals surface area contributed by atoms with E-state index >= 15 is 0 Å². The first-order valence-electron chi connectivity index (χ1n) is 3.12. The minimum absolute atomic E-state index is 0.0190. The third-order valence-corrected chi connectivity index (χ3v) is 10.2. The molecule has 0 rings (SSSR count). The Morgan fingerprint density at radius 2 is 1.80 bits per heavy atom. The second kappa shape index (κ2) is 3.64. The van der Waals surface area contributed by atoms with Crippen molar-refractivity contribution >= 4 is 20.3 Å². The molecule has 1 amide bonds. The van der Waals surface area contributed by atoms with Gasteiger partial charge in [0.1, 0.15) is 0 Å². The van der Waals surface area contributed by atoms with Crippen LogP contribution in [0.4, 0.5) is 0 Å². The third-order valence-electron chi connectivity index (χ3n) is 1.36. The van der Waals surface area contributed by atoms with Gasteiger partial charge in [0.15, 0.2) is 0 Å². The van der Waals surface area contributed by atoms with E-state index in [1.54, 1.807) is 0 Å². The summed E-state index contributed by atoms with van der Waals surface area (Å²) in [6.45, 7) is 8.87. The predicted octanol–water partition coefficient (Wildman–Crippen LogP) is 2.65. The highest BCUT2D eigenvalue weighted by Gasteiger charge is 2.10. The first kappa shape index (κ1) is 10.3. The van der Waals surface area contributed by atoms with E-state index in [0.717, 1.165) is 0 Å². The van der Waals surface area contributed by atoms with Gasteiger partial charge in [-0.15, -0.1) is 0 Å². The molecule has 0 bridgehead atoms. The fourth-order valence-corrected chi connectivity index (χ4v) is 2.22. The number of carbonyl (C=O) groups is 1. The minimum atomic E-state index is -1.23. The maximum absolute atomic E-state index is 10.6. The highest BCUT2D eigenvalue weighted by atomic mass is 32.1. The summed E-state index contributed by atoms with van der Waals surface area (Å²) in [5.41, 5.74) is 0. The molecule has 0 saturated carbocycles. The molecule has 0 aromatic carbocycles. The van der Waals surface area contributed by atoms with Crippen LogP contribution in [0.25, 0.3) is 0 Å². The lowest BCUT2D eigenvalue weighted by molar-refractivity contribution is -0.115. The smallest absolute Gasteiger partial charge is 0.241 e. The number of carbonyl (C=O) groups excluding carboxylic acids is 1. The molecule has 0 unspecified atom stereocenters. The van der Waals surface area contributed by atoms with E-state index in [1.165, 1.54) is 6.92 Å². The second-order valence-electron chi connectivity index (χ2n) is 2.80. The van der Waals surface area contributed by atoms with Gasteiger partial charge in [-0.1, -0.05) is 7.61 Å². The first-order valence-corrected chi connectivity index (χ1v) is 8.69. The zero-order valence-corrected chi connectivity index (χ0v) is 9.04. The van der Waals surface area contributed by atoms with Crippen molar-refractivity contribution in [2.45, 2.75) is 6.92 Å². The Kier molecular flexibility index (Phi) is 3.76. The molecule has 0 radical (unpaired) electrons. The zero-order chi connectivity index (χ0) is 8.36. The Balaban J connectivity index is 4.53. The zero-order valence-electron chi connectivity index (χ0n) is 7.25. The number of rotatable bonds is 1. The average molecular weight is 179 g/mol. The highest BCUT2D eigenvalue weighted by molar-refractivity contribution is 8.33. The molecule has 0 aromatic heterocycles. The number of amides is 1. The maximum Gasteiger partial charge on any atom is 0.241 e. The fraction of sp³-hybridized carbons (Fsp3) is 0.833.